The largest absolute Gasteiger partial charge is 0.314 e. The molecule has 78 valence electrons. The van der Waals surface area contributed by atoms with Crippen LogP contribution in [-0.4, -0.2) is 12.6 Å². The van der Waals surface area contributed by atoms with Crippen molar-refractivity contribution in [2.24, 2.45) is 0 Å². The molecule has 0 unspecified atom stereocenters. The first-order valence-electron chi connectivity index (χ1n) is 5.62. The summed E-state index contributed by atoms with van der Waals surface area (Å²) in [6.45, 7) is 3.43. The molecule has 0 amide bonds. The number of unbranched alkanes of at least 4 members (excludes halogenated alkanes) is 1. The second kappa shape index (κ2) is 4.94. The Kier molecular flexibility index (Phi) is 3.60. The van der Waals surface area contributed by atoms with Crippen LogP contribution in [0, 0.1) is 6.92 Å². The van der Waals surface area contributed by atoms with Gasteiger partial charge in [-0.2, -0.15) is 0 Å². The molecule has 0 saturated heterocycles. The van der Waals surface area contributed by atoms with Gasteiger partial charge in [0.1, 0.15) is 0 Å². The summed E-state index contributed by atoms with van der Waals surface area (Å²) in [7, 11) is 0. The van der Waals surface area contributed by atoms with E-state index in [0.717, 1.165) is 6.04 Å². The molecule has 0 aromatic carbocycles. The molecule has 0 radical (unpaired) electrons. The standard InChI is InChI=1S/C12H19NS/c1-10-7-9-14-12(10)4-2-3-8-13-11-5-6-11/h7,9,11,13H,2-6,8H2,1H3. The Balaban J connectivity index is 1.56. The number of nitrogens with one attached hydrogen (secondary N) is 1. The van der Waals surface area contributed by atoms with Crippen LogP contribution in [0.25, 0.3) is 0 Å². The highest BCUT2D eigenvalue weighted by atomic mass is 32.1. The van der Waals surface area contributed by atoms with Gasteiger partial charge in [-0.1, -0.05) is 0 Å². The Labute approximate surface area is 90.5 Å². The minimum absolute atomic E-state index is 0.874. The normalized spacial score (nSPS) is 16.1. The molecule has 0 atom stereocenters. The lowest BCUT2D eigenvalue weighted by Crippen LogP contribution is -2.17. The van der Waals surface area contributed by atoms with E-state index in [2.05, 4.69) is 23.7 Å². The van der Waals surface area contributed by atoms with Gasteiger partial charge >= 0.3 is 0 Å². The average molecular weight is 209 g/mol. The van der Waals surface area contributed by atoms with Gasteiger partial charge in [0.25, 0.3) is 0 Å². The fourth-order valence-electron chi connectivity index (χ4n) is 1.66. The van der Waals surface area contributed by atoms with Gasteiger partial charge in [-0.15, -0.1) is 11.3 Å². The van der Waals surface area contributed by atoms with Crippen molar-refractivity contribution >= 4 is 11.3 Å². The topological polar surface area (TPSA) is 12.0 Å². The maximum absolute atomic E-state index is 3.55. The highest BCUT2D eigenvalue weighted by Gasteiger charge is 2.19. The maximum atomic E-state index is 3.55. The number of hydrogen-bond acceptors (Lipinski definition) is 2. The van der Waals surface area contributed by atoms with Gasteiger partial charge < -0.3 is 5.32 Å². The zero-order chi connectivity index (χ0) is 9.80. The van der Waals surface area contributed by atoms with Crippen LogP contribution in [0.2, 0.25) is 0 Å². The molecular weight excluding hydrogens is 190 g/mol. The average Bonchev–Trinajstić information content (AvgIpc) is 2.91. The van der Waals surface area contributed by atoms with E-state index in [1.165, 1.54) is 44.2 Å². The van der Waals surface area contributed by atoms with Crippen LogP contribution < -0.4 is 5.32 Å². The van der Waals surface area contributed by atoms with E-state index < -0.39 is 0 Å². The highest BCUT2D eigenvalue weighted by Crippen LogP contribution is 2.19. The lowest BCUT2D eigenvalue weighted by atomic mass is 10.1. The first-order chi connectivity index (χ1) is 6.86. The van der Waals surface area contributed by atoms with Gasteiger partial charge in [0.15, 0.2) is 0 Å². The summed E-state index contributed by atoms with van der Waals surface area (Å²) < 4.78 is 0. The molecule has 1 nitrogen and oxygen atoms in total. The fourth-order valence-corrected chi connectivity index (χ4v) is 2.62. The molecule has 14 heavy (non-hydrogen) atoms. The van der Waals surface area contributed by atoms with E-state index in [1.807, 2.05) is 11.3 Å². The number of thiophene rings is 1. The van der Waals surface area contributed by atoms with Gasteiger partial charge in [-0.3, -0.25) is 0 Å². The summed E-state index contributed by atoms with van der Waals surface area (Å²) in [6.07, 6.45) is 6.75. The van der Waals surface area contributed by atoms with Gasteiger partial charge in [0, 0.05) is 10.9 Å². The van der Waals surface area contributed by atoms with Crippen molar-refractivity contribution in [1.82, 2.24) is 5.32 Å². The molecule has 1 fully saturated rings. The summed E-state index contributed by atoms with van der Waals surface area (Å²) in [6, 6.07) is 3.10. The minimum atomic E-state index is 0.874. The van der Waals surface area contributed by atoms with Gasteiger partial charge in [0.05, 0.1) is 0 Å². The van der Waals surface area contributed by atoms with Crippen molar-refractivity contribution in [2.75, 3.05) is 6.54 Å². The Morgan fingerprint density at radius 3 is 2.93 bits per heavy atom. The van der Waals surface area contributed by atoms with Crippen LogP contribution in [0.5, 0.6) is 0 Å². The summed E-state index contributed by atoms with van der Waals surface area (Å²) in [4.78, 5) is 1.58. The SMILES string of the molecule is Cc1ccsc1CCCCNC1CC1. The Morgan fingerprint density at radius 2 is 2.29 bits per heavy atom. The Bertz CT molecular complexity index is 276. The summed E-state index contributed by atoms with van der Waals surface area (Å²) in [5.41, 5.74) is 1.48. The first kappa shape index (κ1) is 10.2. The molecule has 0 aliphatic heterocycles. The smallest absolute Gasteiger partial charge is 0.00744 e. The van der Waals surface area contributed by atoms with E-state index in [-0.39, 0.29) is 0 Å². The van der Waals surface area contributed by atoms with Crippen molar-refractivity contribution in [1.29, 1.82) is 0 Å². The maximum Gasteiger partial charge on any atom is 0.00744 e. The quantitative estimate of drug-likeness (QED) is 0.710. The van der Waals surface area contributed by atoms with Crippen LogP contribution in [0.3, 0.4) is 0 Å². The molecule has 0 bridgehead atoms. The van der Waals surface area contributed by atoms with Crippen molar-refractivity contribution in [2.45, 2.75) is 45.1 Å². The van der Waals surface area contributed by atoms with E-state index in [0.29, 0.717) is 0 Å². The number of hydrogen-bond donors (Lipinski definition) is 1. The van der Waals surface area contributed by atoms with E-state index in [1.54, 1.807) is 4.88 Å². The van der Waals surface area contributed by atoms with E-state index in [4.69, 9.17) is 0 Å². The highest BCUT2D eigenvalue weighted by molar-refractivity contribution is 7.10. The van der Waals surface area contributed by atoms with E-state index in [9.17, 15) is 0 Å². The minimum Gasteiger partial charge on any atom is -0.314 e. The lowest BCUT2D eigenvalue weighted by Gasteiger charge is -2.02. The Hall–Kier alpha value is -0.340. The summed E-state index contributed by atoms with van der Waals surface area (Å²) in [5, 5.41) is 5.76. The van der Waals surface area contributed by atoms with Gasteiger partial charge in [0.2, 0.25) is 0 Å². The molecule has 1 aliphatic carbocycles. The van der Waals surface area contributed by atoms with Crippen LogP contribution in [0.15, 0.2) is 11.4 Å². The zero-order valence-corrected chi connectivity index (χ0v) is 9.70. The van der Waals surface area contributed by atoms with Crippen molar-refractivity contribution in [3.05, 3.63) is 21.9 Å². The van der Waals surface area contributed by atoms with Crippen LogP contribution in [0.1, 0.15) is 36.1 Å². The predicted molar refractivity (Wildman–Crippen MR) is 63.0 cm³/mol. The van der Waals surface area contributed by atoms with Crippen molar-refractivity contribution in [3.8, 4) is 0 Å². The molecule has 1 saturated carbocycles. The van der Waals surface area contributed by atoms with E-state index >= 15 is 0 Å². The molecule has 1 aromatic rings. The Morgan fingerprint density at radius 1 is 1.43 bits per heavy atom. The summed E-state index contributed by atoms with van der Waals surface area (Å²) >= 11 is 1.91. The molecule has 2 rings (SSSR count). The summed E-state index contributed by atoms with van der Waals surface area (Å²) in [5.74, 6) is 0. The van der Waals surface area contributed by atoms with Crippen molar-refractivity contribution < 1.29 is 0 Å². The number of rotatable bonds is 6. The van der Waals surface area contributed by atoms with Gasteiger partial charge in [-0.05, 0) is 62.6 Å². The molecule has 1 aliphatic rings. The second-order valence-corrected chi connectivity index (χ2v) is 5.21. The van der Waals surface area contributed by atoms with Crippen LogP contribution in [0.4, 0.5) is 0 Å². The molecule has 1 N–H and O–H groups in total. The zero-order valence-electron chi connectivity index (χ0n) is 8.88. The van der Waals surface area contributed by atoms with Crippen LogP contribution in [-0.2, 0) is 6.42 Å². The second-order valence-electron chi connectivity index (χ2n) is 4.21. The third kappa shape index (κ3) is 3.10. The van der Waals surface area contributed by atoms with Gasteiger partial charge in [-0.25, -0.2) is 0 Å². The number of aryl methyl sites for hydroxylation is 2. The lowest BCUT2D eigenvalue weighted by molar-refractivity contribution is 0.621. The monoisotopic (exact) mass is 209 g/mol. The van der Waals surface area contributed by atoms with Crippen molar-refractivity contribution in [3.63, 3.8) is 0 Å². The fraction of sp³-hybridized carbons (Fsp3) is 0.667. The predicted octanol–water partition coefficient (Wildman–Crippen LogP) is 3.13. The molecule has 2 heteroatoms. The molecular formula is C12H19NS. The van der Waals surface area contributed by atoms with Crippen LogP contribution >= 0.6 is 11.3 Å². The third-order valence-corrected chi connectivity index (χ3v) is 3.89. The molecule has 1 heterocycles. The first-order valence-corrected chi connectivity index (χ1v) is 6.50. The third-order valence-electron chi connectivity index (χ3n) is 2.81. The molecule has 1 aromatic heterocycles. The molecule has 0 spiro atoms.